The van der Waals surface area contributed by atoms with Crippen LogP contribution in [-0.2, 0) is 29.4 Å². The Morgan fingerprint density at radius 1 is 0.789 bits per heavy atom. The molecule has 8 heterocycles. The van der Waals surface area contributed by atoms with E-state index in [2.05, 4.69) is 77.8 Å². The fraction of sp³-hybridized carbons (Fsp3) is 0.633. The molecule has 4 aromatic rings. The number of rotatable bonds is 14. The lowest BCUT2D eigenvalue weighted by Crippen LogP contribution is -2.58. The van der Waals surface area contributed by atoms with Gasteiger partial charge in [0.1, 0.15) is 17.6 Å². The highest BCUT2D eigenvalue weighted by atomic mass is 16.2. The number of likely N-dealkylation sites (tertiary alicyclic amines) is 3. The van der Waals surface area contributed by atoms with Crippen LogP contribution in [0.5, 0.6) is 0 Å². The number of carbonyl (C=O) groups is 5. The van der Waals surface area contributed by atoms with E-state index in [4.69, 9.17) is 15.0 Å². The Hall–Kier alpha value is -5.90. The van der Waals surface area contributed by atoms with Crippen molar-refractivity contribution in [3.8, 4) is 11.3 Å². The van der Waals surface area contributed by atoms with Gasteiger partial charge in [0.2, 0.25) is 23.6 Å². The van der Waals surface area contributed by atoms with Crippen LogP contribution >= 0.6 is 0 Å². The molecule has 3 saturated carbocycles. The molecule has 2 atom stereocenters. The van der Waals surface area contributed by atoms with Crippen molar-refractivity contribution in [3.63, 3.8) is 0 Å². The van der Waals surface area contributed by atoms with Crippen LogP contribution in [0.4, 0.5) is 17.3 Å². The number of piperidine rings is 4. The number of pyridine rings is 2. The van der Waals surface area contributed by atoms with E-state index in [-0.39, 0.29) is 53.0 Å². The zero-order valence-electron chi connectivity index (χ0n) is 45.2. The van der Waals surface area contributed by atoms with Crippen LogP contribution in [0, 0.1) is 17.3 Å². The summed E-state index contributed by atoms with van der Waals surface area (Å²) < 4.78 is 2.21. The minimum Gasteiger partial charge on any atom is -0.366 e. The molecule has 16 nitrogen and oxygen atoms in total. The highest BCUT2D eigenvalue weighted by molar-refractivity contribution is 6.09. The van der Waals surface area contributed by atoms with Crippen LogP contribution in [-0.4, -0.2) is 142 Å². The Balaban J connectivity index is 0.680. The Morgan fingerprint density at radius 2 is 1.51 bits per heavy atom. The first-order valence-corrected chi connectivity index (χ1v) is 29.3. The maximum Gasteiger partial charge on any atom is 0.238 e. The van der Waals surface area contributed by atoms with E-state index in [9.17, 15) is 19.2 Å². The summed E-state index contributed by atoms with van der Waals surface area (Å²) in [4.78, 5) is 93.5. The van der Waals surface area contributed by atoms with Crippen LogP contribution in [0.15, 0.2) is 48.9 Å². The molecule has 0 radical (unpaired) electrons. The third kappa shape index (κ3) is 9.45. The number of imidazole rings is 1. The molecule has 7 fully saturated rings. The number of amides is 4. The number of nitrogens with one attached hydrogen (secondary N) is 2. The molecular weight excluding hydrogens is 955 g/mol. The molecule has 5 aliphatic heterocycles. The number of anilines is 3. The fourth-order valence-corrected chi connectivity index (χ4v) is 14.8. The molecule has 3 aromatic heterocycles. The number of likely N-dealkylation sites (N-methyl/N-ethyl adjacent to an activating group) is 1. The molecule has 1 aromatic carbocycles. The topological polar surface area (TPSA) is 169 Å². The van der Waals surface area contributed by atoms with E-state index < -0.39 is 11.3 Å². The summed E-state index contributed by atoms with van der Waals surface area (Å²) in [5.41, 5.74) is 6.22. The highest BCUT2D eigenvalue weighted by Gasteiger charge is 2.56. The summed E-state index contributed by atoms with van der Waals surface area (Å²) in [6, 6.07) is 14.0. The lowest BCUT2D eigenvalue weighted by atomic mass is 9.73. The van der Waals surface area contributed by atoms with Gasteiger partial charge in [-0.05, 0) is 164 Å². The molecule has 76 heavy (non-hydrogen) atoms. The normalized spacial score (nSPS) is 25.1. The van der Waals surface area contributed by atoms with Gasteiger partial charge in [0.15, 0.2) is 5.82 Å². The van der Waals surface area contributed by atoms with E-state index in [1.165, 1.54) is 19.3 Å². The summed E-state index contributed by atoms with van der Waals surface area (Å²) in [5.74, 6) is 1.89. The van der Waals surface area contributed by atoms with Crippen LogP contribution in [0.25, 0.3) is 22.3 Å². The highest BCUT2D eigenvalue weighted by Crippen LogP contribution is 2.54. The van der Waals surface area contributed by atoms with Gasteiger partial charge >= 0.3 is 0 Å². The van der Waals surface area contributed by atoms with Crippen LogP contribution in [0.2, 0.25) is 0 Å². The molecule has 2 unspecified atom stereocenters. The molecule has 16 heteroatoms. The Bertz CT molecular complexity index is 2820. The number of aromatic nitrogens is 4. The Labute approximate surface area is 448 Å². The van der Waals surface area contributed by atoms with Gasteiger partial charge in [-0.15, -0.1) is 0 Å². The zero-order valence-corrected chi connectivity index (χ0v) is 45.2. The minimum absolute atomic E-state index is 0.0146. The lowest BCUT2D eigenvalue weighted by molar-refractivity contribution is -0.140. The first-order valence-electron chi connectivity index (χ1n) is 29.3. The van der Waals surface area contributed by atoms with Gasteiger partial charge in [0.05, 0.1) is 28.9 Å². The van der Waals surface area contributed by atoms with E-state index >= 15 is 4.79 Å². The van der Waals surface area contributed by atoms with Crippen molar-refractivity contribution in [2.45, 2.75) is 165 Å². The third-order valence-corrected chi connectivity index (χ3v) is 19.7. The zero-order chi connectivity index (χ0) is 52.3. The van der Waals surface area contributed by atoms with Crippen molar-refractivity contribution in [2.75, 3.05) is 74.5 Å². The summed E-state index contributed by atoms with van der Waals surface area (Å²) in [5, 5.41) is 6.42. The maximum atomic E-state index is 15.3. The van der Waals surface area contributed by atoms with Gasteiger partial charge in [0, 0.05) is 106 Å². The molecule has 4 amide bonds. The average molecular weight is 1030 g/mol. The minimum atomic E-state index is -0.653. The third-order valence-electron chi connectivity index (χ3n) is 19.7. The van der Waals surface area contributed by atoms with Gasteiger partial charge < -0.3 is 44.5 Å². The molecular formula is C60H79N11O5. The standard InChI is InChI=1S/C60H79N11O5/c1-39(2)70-38-63-50-35-49(65-54(53(50)70)64-44-11-12-44)41-9-13-48-51(32-41)71(46-33-45(34-46)66-23-5-4-6-24-66)58(76)60(48)21-29-69(30-22-60)57(75)42-15-18-59(36-42)19-27-68(28-20-59)56(74)40-16-25-67(26-17-40)52-14-10-43(37-62-52)47(8-7-31-72)55(73)61-3/h9-10,13-14,31-32,35,37-40,42,44-47H,4-8,11-12,15-30,33-34,36H2,1-3H3,(H,61,73)(H,64,65). The van der Waals surface area contributed by atoms with Gasteiger partial charge in [-0.25, -0.2) is 15.0 Å². The van der Waals surface area contributed by atoms with E-state index in [1.54, 1.807) is 13.2 Å². The predicted octanol–water partition coefficient (Wildman–Crippen LogP) is 8.01. The average Bonchev–Trinajstić information content (AvgIpc) is 4.09. The molecule has 3 aliphatic carbocycles. The summed E-state index contributed by atoms with van der Waals surface area (Å²) >= 11 is 0. The van der Waals surface area contributed by atoms with Crippen LogP contribution in [0.1, 0.15) is 153 Å². The van der Waals surface area contributed by atoms with Gasteiger partial charge in [0.25, 0.3) is 0 Å². The fourth-order valence-electron chi connectivity index (χ4n) is 14.8. The number of nitrogens with zero attached hydrogens (tertiary/aromatic N) is 9. The van der Waals surface area contributed by atoms with Crippen molar-refractivity contribution in [1.82, 2.24) is 39.5 Å². The van der Waals surface area contributed by atoms with E-state index in [0.717, 1.165) is 167 Å². The van der Waals surface area contributed by atoms with Crippen molar-refractivity contribution in [3.05, 3.63) is 60.0 Å². The largest absolute Gasteiger partial charge is 0.366 e. The second-order valence-electron chi connectivity index (χ2n) is 24.5. The number of fused-ring (bicyclic) bond motifs is 3. The molecule has 8 aliphatic rings. The van der Waals surface area contributed by atoms with Gasteiger partial charge in [-0.3, -0.25) is 19.2 Å². The van der Waals surface area contributed by atoms with Crippen LogP contribution < -0.4 is 20.4 Å². The van der Waals surface area contributed by atoms with Gasteiger partial charge in [-0.2, -0.15) is 0 Å². The SMILES string of the molecule is CNC(=O)C(CCC=O)c1ccc(N2CCC(C(=O)N3CCC4(CCC(C(=O)N5CCC6(CC5)C(=O)N(C5CC(N7CCCCC7)C5)c5cc(-c7cc8ncn(C(C)C)c8c(NC8CC8)n7)ccc56)C4)CC3)CC2)nc1. The first kappa shape index (κ1) is 50.9. The lowest BCUT2D eigenvalue weighted by Gasteiger charge is -2.48. The predicted molar refractivity (Wildman–Crippen MR) is 294 cm³/mol. The summed E-state index contributed by atoms with van der Waals surface area (Å²) in [6.07, 6.45) is 20.9. The number of benzene rings is 1. The van der Waals surface area contributed by atoms with Crippen LogP contribution in [0.3, 0.4) is 0 Å². The molecule has 12 rings (SSSR count). The summed E-state index contributed by atoms with van der Waals surface area (Å²) in [6.45, 7) is 10.8. The smallest absolute Gasteiger partial charge is 0.238 e. The second kappa shape index (κ2) is 20.8. The van der Waals surface area contributed by atoms with Crippen molar-refractivity contribution >= 4 is 58.3 Å². The Kier molecular flexibility index (Phi) is 13.9. The van der Waals surface area contributed by atoms with Crippen molar-refractivity contribution in [2.24, 2.45) is 17.3 Å². The number of carbonyl (C=O) groups excluding carboxylic acids is 5. The molecule has 2 N–H and O–H groups in total. The number of aldehydes is 1. The maximum absolute atomic E-state index is 15.3. The first-order chi connectivity index (χ1) is 36.9. The molecule has 2 spiro atoms. The Morgan fingerprint density at radius 3 is 2.18 bits per heavy atom. The van der Waals surface area contributed by atoms with Crippen molar-refractivity contribution < 1.29 is 24.0 Å². The summed E-state index contributed by atoms with van der Waals surface area (Å²) in [7, 11) is 1.61. The van der Waals surface area contributed by atoms with Gasteiger partial charge in [-0.1, -0.05) is 24.6 Å². The molecule has 404 valence electrons. The molecule has 0 bridgehead atoms. The monoisotopic (exact) mass is 1030 g/mol. The number of hydrogen-bond acceptors (Lipinski definition) is 11. The van der Waals surface area contributed by atoms with Crippen molar-refractivity contribution in [1.29, 1.82) is 0 Å². The second-order valence-corrected chi connectivity index (χ2v) is 24.5. The quantitative estimate of drug-likeness (QED) is 0.117. The number of hydrogen-bond donors (Lipinski definition) is 2. The molecule has 4 saturated heterocycles. The van der Waals surface area contributed by atoms with E-state index in [0.29, 0.717) is 50.9 Å². The van der Waals surface area contributed by atoms with E-state index in [1.807, 2.05) is 18.5 Å².